The fourth-order valence-electron chi connectivity index (χ4n) is 5.69. The molecule has 0 radical (unpaired) electrons. The van der Waals surface area contributed by atoms with Crippen LogP contribution in [-0.2, 0) is 23.8 Å². The monoisotopic (exact) mass is 625 g/mol. The zero-order valence-corrected chi connectivity index (χ0v) is 30.0. The minimum absolute atomic E-state index is 0.0947. The molecule has 0 aliphatic heterocycles. The van der Waals surface area contributed by atoms with E-state index in [-0.39, 0.29) is 18.5 Å². The molecule has 0 aromatic carbocycles. The molecular weight excluding hydrogens is 548 g/mol. The molecule has 0 saturated carbocycles. The number of ether oxygens (including phenoxy) is 3. The minimum atomic E-state index is -0.517. The van der Waals surface area contributed by atoms with Gasteiger partial charge in [-0.1, -0.05) is 181 Å². The van der Waals surface area contributed by atoms with Gasteiger partial charge in [-0.15, -0.1) is 0 Å². The highest BCUT2D eigenvalue weighted by Crippen LogP contribution is 2.14. The second-order valence-corrected chi connectivity index (χ2v) is 13.2. The molecule has 0 heterocycles. The van der Waals surface area contributed by atoms with Crippen LogP contribution in [0.1, 0.15) is 213 Å². The second kappa shape index (κ2) is 36.4. The van der Waals surface area contributed by atoms with E-state index in [1.165, 1.54) is 148 Å². The highest BCUT2D eigenvalue weighted by molar-refractivity contribution is 5.70. The van der Waals surface area contributed by atoms with Gasteiger partial charge in [-0.3, -0.25) is 9.59 Å². The fourth-order valence-corrected chi connectivity index (χ4v) is 5.69. The van der Waals surface area contributed by atoms with Crippen LogP contribution >= 0.6 is 0 Å². The SMILES string of the molecule is CCCCCCCCCCCCCCCC(=O)OCC(COCCCCCCCCCC)OC(=O)CCCCCCCCC. The highest BCUT2D eigenvalue weighted by atomic mass is 16.6. The van der Waals surface area contributed by atoms with Gasteiger partial charge in [-0.2, -0.15) is 0 Å². The van der Waals surface area contributed by atoms with Gasteiger partial charge in [0.2, 0.25) is 0 Å². The Morgan fingerprint density at radius 1 is 0.409 bits per heavy atom. The van der Waals surface area contributed by atoms with Gasteiger partial charge in [-0.25, -0.2) is 0 Å². The van der Waals surface area contributed by atoms with Crippen molar-refractivity contribution in [3.63, 3.8) is 0 Å². The zero-order valence-electron chi connectivity index (χ0n) is 30.0. The Morgan fingerprint density at radius 3 is 1.16 bits per heavy atom. The fraction of sp³-hybridized carbons (Fsp3) is 0.949. The van der Waals surface area contributed by atoms with E-state index in [1.54, 1.807) is 0 Å². The number of esters is 2. The number of hydrogen-bond acceptors (Lipinski definition) is 5. The maximum absolute atomic E-state index is 12.5. The highest BCUT2D eigenvalue weighted by Gasteiger charge is 2.17. The maximum atomic E-state index is 12.5. The number of carbonyl (C=O) groups excluding carboxylic acids is 2. The van der Waals surface area contributed by atoms with Gasteiger partial charge < -0.3 is 14.2 Å². The van der Waals surface area contributed by atoms with E-state index in [0.717, 1.165) is 32.1 Å². The first-order chi connectivity index (χ1) is 21.6. The molecule has 0 fully saturated rings. The normalized spacial score (nSPS) is 12.0. The predicted molar refractivity (Wildman–Crippen MR) is 187 cm³/mol. The van der Waals surface area contributed by atoms with E-state index in [4.69, 9.17) is 14.2 Å². The molecule has 0 aromatic heterocycles. The largest absolute Gasteiger partial charge is 0.462 e. The molecule has 1 unspecified atom stereocenters. The van der Waals surface area contributed by atoms with Crippen molar-refractivity contribution in [3.05, 3.63) is 0 Å². The Morgan fingerprint density at radius 2 is 0.750 bits per heavy atom. The maximum Gasteiger partial charge on any atom is 0.306 e. The van der Waals surface area contributed by atoms with Crippen molar-refractivity contribution < 1.29 is 23.8 Å². The summed E-state index contributed by atoms with van der Waals surface area (Å²) in [4.78, 5) is 24.9. The number of carbonyl (C=O) groups is 2. The van der Waals surface area contributed by atoms with E-state index < -0.39 is 6.10 Å². The Hall–Kier alpha value is -1.10. The Labute approximate surface area is 274 Å². The molecule has 44 heavy (non-hydrogen) atoms. The van der Waals surface area contributed by atoms with E-state index >= 15 is 0 Å². The summed E-state index contributed by atoms with van der Waals surface area (Å²) in [6.45, 7) is 7.80. The summed E-state index contributed by atoms with van der Waals surface area (Å²) in [5, 5.41) is 0. The average molecular weight is 625 g/mol. The Balaban J connectivity index is 4.11. The molecule has 0 rings (SSSR count). The van der Waals surface area contributed by atoms with E-state index in [1.807, 2.05) is 0 Å². The molecule has 0 spiro atoms. The molecule has 5 heteroatoms. The van der Waals surface area contributed by atoms with Gasteiger partial charge in [0.25, 0.3) is 0 Å². The van der Waals surface area contributed by atoms with Crippen LogP contribution in [0.3, 0.4) is 0 Å². The number of rotatable bonds is 36. The lowest BCUT2D eigenvalue weighted by atomic mass is 10.0. The van der Waals surface area contributed by atoms with Crippen molar-refractivity contribution in [2.75, 3.05) is 19.8 Å². The van der Waals surface area contributed by atoms with E-state index in [0.29, 0.717) is 26.1 Å². The van der Waals surface area contributed by atoms with Gasteiger partial charge in [0.05, 0.1) is 6.61 Å². The topological polar surface area (TPSA) is 61.8 Å². The molecular formula is C39H76O5. The summed E-state index contributed by atoms with van der Waals surface area (Å²) in [5.41, 5.74) is 0. The van der Waals surface area contributed by atoms with Gasteiger partial charge in [0, 0.05) is 19.4 Å². The quantitative estimate of drug-likeness (QED) is 0.0512. The zero-order chi connectivity index (χ0) is 32.2. The van der Waals surface area contributed by atoms with Gasteiger partial charge in [-0.05, 0) is 19.3 Å². The lowest BCUT2D eigenvalue weighted by molar-refractivity contribution is -0.163. The summed E-state index contributed by atoms with van der Waals surface area (Å²) in [5.74, 6) is -0.393. The molecule has 5 nitrogen and oxygen atoms in total. The van der Waals surface area contributed by atoms with Crippen molar-refractivity contribution in [2.24, 2.45) is 0 Å². The molecule has 0 aliphatic carbocycles. The number of hydrogen-bond donors (Lipinski definition) is 0. The third-order valence-electron chi connectivity index (χ3n) is 8.64. The minimum Gasteiger partial charge on any atom is -0.462 e. The second-order valence-electron chi connectivity index (χ2n) is 13.2. The number of unbranched alkanes of at least 4 members (excludes halogenated alkanes) is 25. The third-order valence-corrected chi connectivity index (χ3v) is 8.64. The van der Waals surface area contributed by atoms with Crippen molar-refractivity contribution >= 4 is 11.9 Å². The standard InChI is InChI=1S/C39H76O5/c1-4-7-10-13-16-18-19-20-21-22-24-26-29-32-38(40)43-36-37(35-42-34-31-28-25-17-14-11-8-5-2)44-39(41)33-30-27-23-15-12-9-6-3/h37H,4-36H2,1-3H3. The molecule has 1 atom stereocenters. The van der Waals surface area contributed by atoms with Crippen LogP contribution in [0.4, 0.5) is 0 Å². The summed E-state index contributed by atoms with van der Waals surface area (Å²) in [6, 6.07) is 0. The lowest BCUT2D eigenvalue weighted by Gasteiger charge is -2.18. The van der Waals surface area contributed by atoms with E-state index in [2.05, 4.69) is 20.8 Å². The molecule has 0 saturated heterocycles. The van der Waals surface area contributed by atoms with Gasteiger partial charge >= 0.3 is 11.9 Å². The average Bonchev–Trinajstić information content (AvgIpc) is 3.02. The van der Waals surface area contributed by atoms with Crippen LogP contribution in [0.15, 0.2) is 0 Å². The van der Waals surface area contributed by atoms with Crippen LogP contribution in [-0.4, -0.2) is 37.9 Å². The van der Waals surface area contributed by atoms with Crippen molar-refractivity contribution in [1.82, 2.24) is 0 Å². The van der Waals surface area contributed by atoms with Crippen LogP contribution in [0, 0.1) is 0 Å². The van der Waals surface area contributed by atoms with Crippen LogP contribution in [0.25, 0.3) is 0 Å². The van der Waals surface area contributed by atoms with Crippen LogP contribution < -0.4 is 0 Å². The van der Waals surface area contributed by atoms with E-state index in [9.17, 15) is 9.59 Å². The van der Waals surface area contributed by atoms with Crippen LogP contribution in [0.2, 0.25) is 0 Å². The Bertz CT molecular complexity index is 593. The summed E-state index contributed by atoms with van der Waals surface area (Å²) in [6.07, 6.45) is 35.2. The summed E-state index contributed by atoms with van der Waals surface area (Å²) >= 11 is 0. The molecule has 0 amide bonds. The first-order valence-corrected chi connectivity index (χ1v) is 19.6. The van der Waals surface area contributed by atoms with Crippen molar-refractivity contribution in [2.45, 2.75) is 219 Å². The summed E-state index contributed by atoms with van der Waals surface area (Å²) < 4.78 is 17.1. The summed E-state index contributed by atoms with van der Waals surface area (Å²) in [7, 11) is 0. The van der Waals surface area contributed by atoms with Crippen molar-refractivity contribution in [1.29, 1.82) is 0 Å². The Kier molecular flexibility index (Phi) is 35.5. The lowest BCUT2D eigenvalue weighted by Crippen LogP contribution is -2.30. The molecule has 0 N–H and O–H groups in total. The third kappa shape index (κ3) is 33.8. The van der Waals surface area contributed by atoms with Crippen molar-refractivity contribution in [3.8, 4) is 0 Å². The molecule has 262 valence electrons. The molecule has 0 bridgehead atoms. The molecule has 0 aromatic rings. The van der Waals surface area contributed by atoms with Crippen LogP contribution in [0.5, 0.6) is 0 Å². The first-order valence-electron chi connectivity index (χ1n) is 19.6. The predicted octanol–water partition coefficient (Wildman–Crippen LogP) is 12.2. The first kappa shape index (κ1) is 42.9. The smallest absolute Gasteiger partial charge is 0.306 e. The van der Waals surface area contributed by atoms with Gasteiger partial charge in [0.1, 0.15) is 6.61 Å². The van der Waals surface area contributed by atoms with Gasteiger partial charge in [0.15, 0.2) is 6.10 Å². The molecule has 0 aliphatic rings.